The van der Waals surface area contributed by atoms with E-state index in [0.29, 0.717) is 11.5 Å². The highest BCUT2D eigenvalue weighted by Crippen LogP contribution is 2.53. The van der Waals surface area contributed by atoms with Crippen molar-refractivity contribution < 1.29 is 0 Å². The first kappa shape index (κ1) is 30.4. The molecule has 0 aliphatic heterocycles. The number of fused-ring (bicyclic) bond motifs is 4. The van der Waals surface area contributed by atoms with Crippen molar-refractivity contribution in [2.75, 3.05) is 0 Å². The minimum atomic E-state index is -0.242. The molecule has 0 spiro atoms. The Bertz CT molecular complexity index is 2610. The third-order valence-electron chi connectivity index (χ3n) is 10.1. The molecule has 0 fully saturated rings. The van der Waals surface area contributed by atoms with Gasteiger partial charge in [0.15, 0.2) is 11.5 Å². The molecule has 51 heavy (non-hydrogen) atoms. The zero-order chi connectivity index (χ0) is 34.5. The Morgan fingerprint density at radius 2 is 1.18 bits per heavy atom. The molecule has 0 amide bonds. The molecular weight excluding hydrogens is 621 g/mol. The van der Waals surface area contributed by atoms with Gasteiger partial charge < -0.3 is 0 Å². The van der Waals surface area contributed by atoms with E-state index in [-0.39, 0.29) is 5.41 Å². The number of nitrogens with zero attached hydrogens (tertiary/aromatic N) is 4. The maximum absolute atomic E-state index is 7.87. The van der Waals surface area contributed by atoms with Crippen LogP contribution in [0.15, 0.2) is 158 Å². The van der Waals surface area contributed by atoms with Crippen LogP contribution in [0.2, 0.25) is 0 Å². The number of aromatic nitrogens is 3. The number of pyridine rings is 1. The SMILES string of the molecule is [C-]#[N+]c1cccc2c1-c1ccc(-c3cc(-c4ccc5cccnc5c4)cc(-c4cc(-c5ccccc5)nc(-c5ccccc5)n4)c3)cc1C2(C)C. The van der Waals surface area contributed by atoms with E-state index in [4.69, 9.17) is 16.5 Å². The maximum atomic E-state index is 7.87. The summed E-state index contributed by atoms with van der Waals surface area (Å²) in [6, 6.07) is 52.7. The van der Waals surface area contributed by atoms with E-state index in [1.165, 1.54) is 11.1 Å². The molecule has 0 radical (unpaired) electrons. The van der Waals surface area contributed by atoms with E-state index >= 15 is 0 Å². The fourth-order valence-electron chi connectivity index (χ4n) is 7.46. The van der Waals surface area contributed by atoms with Crippen LogP contribution in [0.4, 0.5) is 5.69 Å². The quantitative estimate of drug-likeness (QED) is 0.174. The lowest BCUT2D eigenvalue weighted by Gasteiger charge is -2.22. The molecule has 0 unspecified atom stereocenters. The number of rotatable bonds is 5. The Morgan fingerprint density at radius 1 is 0.510 bits per heavy atom. The van der Waals surface area contributed by atoms with Crippen LogP contribution < -0.4 is 0 Å². The molecule has 0 saturated carbocycles. The number of hydrogen-bond acceptors (Lipinski definition) is 3. The molecule has 4 heteroatoms. The van der Waals surface area contributed by atoms with Crippen molar-refractivity contribution in [1.82, 2.24) is 15.0 Å². The highest BCUT2D eigenvalue weighted by molar-refractivity contribution is 5.92. The van der Waals surface area contributed by atoms with Gasteiger partial charge >= 0.3 is 0 Å². The van der Waals surface area contributed by atoms with Gasteiger partial charge in [0.2, 0.25) is 0 Å². The first-order valence-corrected chi connectivity index (χ1v) is 17.1. The van der Waals surface area contributed by atoms with Gasteiger partial charge in [-0.1, -0.05) is 123 Å². The first-order chi connectivity index (χ1) is 25.0. The van der Waals surface area contributed by atoms with Crippen molar-refractivity contribution in [2.24, 2.45) is 0 Å². The second kappa shape index (κ2) is 12.0. The fourth-order valence-corrected chi connectivity index (χ4v) is 7.46. The molecular formula is C47H32N4. The lowest BCUT2D eigenvalue weighted by Crippen LogP contribution is -2.14. The first-order valence-electron chi connectivity index (χ1n) is 17.1. The highest BCUT2D eigenvalue weighted by atomic mass is 14.9. The second-order valence-corrected chi connectivity index (χ2v) is 13.6. The Balaban J connectivity index is 1.27. The lowest BCUT2D eigenvalue weighted by molar-refractivity contribution is 0.661. The van der Waals surface area contributed by atoms with Gasteiger partial charge in [-0.25, -0.2) is 14.8 Å². The summed E-state index contributed by atoms with van der Waals surface area (Å²) in [6.07, 6.45) is 1.84. The van der Waals surface area contributed by atoms with Crippen LogP contribution in [0.25, 0.3) is 83.0 Å². The summed E-state index contributed by atoms with van der Waals surface area (Å²) in [5.74, 6) is 0.682. The average Bonchev–Trinajstić information content (AvgIpc) is 3.43. The Labute approximate surface area is 297 Å². The maximum Gasteiger partial charge on any atom is 0.195 e. The van der Waals surface area contributed by atoms with Gasteiger partial charge in [-0.2, -0.15) is 0 Å². The van der Waals surface area contributed by atoms with E-state index in [9.17, 15) is 0 Å². The molecule has 1 aliphatic rings. The largest absolute Gasteiger partial charge is 0.256 e. The summed E-state index contributed by atoms with van der Waals surface area (Å²) < 4.78 is 0. The highest BCUT2D eigenvalue weighted by Gasteiger charge is 2.36. The van der Waals surface area contributed by atoms with Crippen molar-refractivity contribution in [3.63, 3.8) is 0 Å². The summed E-state index contributed by atoms with van der Waals surface area (Å²) in [4.78, 5) is 18.8. The third-order valence-corrected chi connectivity index (χ3v) is 10.1. The van der Waals surface area contributed by atoms with E-state index in [2.05, 4.69) is 121 Å². The van der Waals surface area contributed by atoms with Gasteiger partial charge in [0, 0.05) is 33.7 Å². The molecule has 0 saturated heterocycles. The van der Waals surface area contributed by atoms with E-state index in [0.717, 1.165) is 72.4 Å². The summed E-state index contributed by atoms with van der Waals surface area (Å²) >= 11 is 0. The minimum Gasteiger partial charge on any atom is -0.256 e. The number of benzene rings is 6. The summed E-state index contributed by atoms with van der Waals surface area (Å²) in [7, 11) is 0. The van der Waals surface area contributed by atoms with Crippen molar-refractivity contribution in [3.8, 4) is 67.3 Å². The Morgan fingerprint density at radius 3 is 1.92 bits per heavy atom. The van der Waals surface area contributed by atoms with Crippen LogP contribution in [0.1, 0.15) is 25.0 Å². The van der Waals surface area contributed by atoms with Gasteiger partial charge in [-0.15, -0.1) is 0 Å². The van der Waals surface area contributed by atoms with Crippen molar-refractivity contribution in [3.05, 3.63) is 180 Å². The zero-order valence-electron chi connectivity index (χ0n) is 28.3. The predicted octanol–water partition coefficient (Wildman–Crippen LogP) is 12.2. The molecule has 2 heterocycles. The summed E-state index contributed by atoms with van der Waals surface area (Å²) in [5, 5.41) is 1.10. The molecule has 2 aromatic heterocycles. The normalized spacial score (nSPS) is 12.6. The molecule has 0 N–H and O–H groups in total. The molecule has 8 aromatic rings. The minimum absolute atomic E-state index is 0.242. The molecule has 4 nitrogen and oxygen atoms in total. The molecule has 0 bridgehead atoms. The van der Waals surface area contributed by atoms with E-state index in [1.807, 2.05) is 60.8 Å². The van der Waals surface area contributed by atoms with Gasteiger partial charge in [0.25, 0.3) is 0 Å². The van der Waals surface area contributed by atoms with Crippen molar-refractivity contribution in [2.45, 2.75) is 19.3 Å². The van der Waals surface area contributed by atoms with Crippen molar-refractivity contribution >= 4 is 16.6 Å². The van der Waals surface area contributed by atoms with Gasteiger partial charge in [0.1, 0.15) is 0 Å². The lowest BCUT2D eigenvalue weighted by atomic mass is 9.81. The predicted molar refractivity (Wildman–Crippen MR) is 208 cm³/mol. The van der Waals surface area contributed by atoms with Crippen molar-refractivity contribution in [1.29, 1.82) is 0 Å². The van der Waals surface area contributed by atoms with Gasteiger partial charge in [0.05, 0.1) is 23.5 Å². The topological polar surface area (TPSA) is 43.0 Å². The molecule has 240 valence electrons. The Kier molecular flexibility index (Phi) is 7.15. The Hall–Kier alpha value is -6.70. The molecule has 6 aromatic carbocycles. The molecule has 9 rings (SSSR count). The van der Waals surface area contributed by atoms with Crippen LogP contribution in [0.5, 0.6) is 0 Å². The monoisotopic (exact) mass is 652 g/mol. The molecule has 0 atom stereocenters. The van der Waals surface area contributed by atoms with Gasteiger partial charge in [-0.05, 0) is 87.0 Å². The third kappa shape index (κ3) is 5.28. The van der Waals surface area contributed by atoms with Crippen LogP contribution >= 0.6 is 0 Å². The molecule has 1 aliphatic carbocycles. The van der Waals surface area contributed by atoms with Crippen LogP contribution in [0.3, 0.4) is 0 Å². The van der Waals surface area contributed by atoms with Crippen LogP contribution in [-0.2, 0) is 5.41 Å². The standard InChI is InChI=1S/C47H32N4/c1-47(2)39-17-10-18-41(48-3)45(39)38-22-21-33(27-40(38)47)35-24-36(34-20-19-31-16-11-23-49-42(31)28-34)26-37(25-35)44-29-43(30-12-6-4-7-13-30)50-46(51-44)32-14-8-5-9-15-32/h4-29H,1-2H3. The van der Waals surface area contributed by atoms with E-state index < -0.39 is 0 Å². The average molecular weight is 653 g/mol. The van der Waals surface area contributed by atoms with Gasteiger partial charge in [-0.3, -0.25) is 4.98 Å². The van der Waals surface area contributed by atoms with E-state index in [1.54, 1.807) is 0 Å². The van der Waals surface area contributed by atoms with Crippen LogP contribution in [-0.4, -0.2) is 15.0 Å². The summed E-state index contributed by atoms with van der Waals surface area (Å²) in [5.41, 5.74) is 15.1. The number of hydrogen-bond donors (Lipinski definition) is 0. The smallest absolute Gasteiger partial charge is 0.195 e. The zero-order valence-corrected chi connectivity index (χ0v) is 28.3. The van der Waals surface area contributed by atoms with Crippen LogP contribution in [0, 0.1) is 6.57 Å². The summed E-state index contributed by atoms with van der Waals surface area (Å²) in [6.45, 7) is 12.4. The fraction of sp³-hybridized carbons (Fsp3) is 0.0638. The second-order valence-electron chi connectivity index (χ2n) is 13.6.